The Labute approximate surface area is 98.6 Å². The van der Waals surface area contributed by atoms with E-state index in [0.717, 1.165) is 71.3 Å². The summed E-state index contributed by atoms with van der Waals surface area (Å²) in [6, 6.07) is 0. The van der Waals surface area contributed by atoms with Gasteiger partial charge in [0.25, 0.3) is 0 Å². The minimum Gasteiger partial charge on any atom is -0.383 e. The van der Waals surface area contributed by atoms with Crippen LogP contribution in [0, 0.1) is 5.92 Å². The van der Waals surface area contributed by atoms with Gasteiger partial charge in [-0.05, 0) is 31.7 Å². The molecule has 96 valence electrons. The van der Waals surface area contributed by atoms with E-state index in [0.29, 0.717) is 0 Å². The Morgan fingerprint density at radius 2 is 2.00 bits per heavy atom. The molecule has 4 nitrogen and oxygen atoms in total. The molecule has 0 amide bonds. The Kier molecular flexibility index (Phi) is 8.71. The van der Waals surface area contributed by atoms with Crippen molar-refractivity contribution in [3.8, 4) is 0 Å². The molecule has 0 bridgehead atoms. The number of nitrogens with one attached hydrogen (secondary N) is 1. The molecule has 0 unspecified atom stereocenters. The lowest BCUT2D eigenvalue weighted by Crippen LogP contribution is -2.23. The van der Waals surface area contributed by atoms with Crippen molar-refractivity contribution >= 4 is 0 Å². The van der Waals surface area contributed by atoms with Gasteiger partial charge < -0.3 is 19.5 Å². The number of methoxy groups -OCH3 is 1. The Morgan fingerprint density at radius 3 is 2.75 bits per heavy atom. The van der Waals surface area contributed by atoms with E-state index >= 15 is 0 Å². The van der Waals surface area contributed by atoms with E-state index in [1.54, 1.807) is 7.11 Å². The summed E-state index contributed by atoms with van der Waals surface area (Å²) in [6.07, 6.45) is 3.39. The quantitative estimate of drug-likeness (QED) is 0.602. The summed E-state index contributed by atoms with van der Waals surface area (Å²) >= 11 is 0. The maximum absolute atomic E-state index is 5.65. The molecule has 0 saturated carbocycles. The van der Waals surface area contributed by atoms with E-state index in [1.807, 2.05) is 0 Å². The molecule has 1 aliphatic heterocycles. The lowest BCUT2D eigenvalue weighted by Gasteiger charge is -2.21. The van der Waals surface area contributed by atoms with Crippen molar-refractivity contribution in [3.05, 3.63) is 0 Å². The smallest absolute Gasteiger partial charge is 0.0587 e. The highest BCUT2D eigenvalue weighted by Crippen LogP contribution is 2.14. The van der Waals surface area contributed by atoms with Crippen molar-refractivity contribution in [2.45, 2.75) is 19.3 Å². The topological polar surface area (TPSA) is 39.7 Å². The van der Waals surface area contributed by atoms with Crippen molar-refractivity contribution in [1.29, 1.82) is 0 Å². The summed E-state index contributed by atoms with van der Waals surface area (Å²) in [7, 11) is 1.72. The van der Waals surface area contributed by atoms with E-state index in [4.69, 9.17) is 14.2 Å². The van der Waals surface area contributed by atoms with Crippen LogP contribution in [0.25, 0.3) is 0 Å². The first-order chi connectivity index (χ1) is 7.93. The molecule has 0 aliphatic carbocycles. The maximum Gasteiger partial charge on any atom is 0.0587 e. The zero-order chi connectivity index (χ0) is 11.5. The highest BCUT2D eigenvalue weighted by molar-refractivity contribution is 4.62. The molecule has 0 aromatic carbocycles. The second-order valence-corrected chi connectivity index (χ2v) is 4.23. The third-order valence-corrected chi connectivity index (χ3v) is 2.82. The monoisotopic (exact) mass is 231 g/mol. The molecule has 1 saturated heterocycles. The van der Waals surface area contributed by atoms with Gasteiger partial charge in [-0.15, -0.1) is 0 Å². The van der Waals surface area contributed by atoms with Crippen LogP contribution in [0.4, 0.5) is 0 Å². The summed E-state index contributed by atoms with van der Waals surface area (Å²) in [5.41, 5.74) is 0. The van der Waals surface area contributed by atoms with Crippen LogP contribution < -0.4 is 5.32 Å². The van der Waals surface area contributed by atoms with E-state index in [-0.39, 0.29) is 0 Å². The summed E-state index contributed by atoms with van der Waals surface area (Å²) in [5.74, 6) is 0.718. The Balaban J connectivity index is 1.77. The van der Waals surface area contributed by atoms with Crippen molar-refractivity contribution in [3.63, 3.8) is 0 Å². The predicted molar refractivity (Wildman–Crippen MR) is 63.7 cm³/mol. The van der Waals surface area contributed by atoms with E-state index in [2.05, 4.69) is 5.32 Å². The standard InChI is InChI=1S/C12H25NO3/c1-14-10-6-13-5-2-7-16-11-12-3-8-15-9-4-12/h12-13H,2-11H2,1H3. The zero-order valence-corrected chi connectivity index (χ0v) is 10.4. The molecule has 0 aromatic rings. The molecule has 1 heterocycles. The van der Waals surface area contributed by atoms with Gasteiger partial charge >= 0.3 is 0 Å². The van der Waals surface area contributed by atoms with Crippen LogP contribution >= 0.6 is 0 Å². The third kappa shape index (κ3) is 7.17. The van der Waals surface area contributed by atoms with Crippen LogP contribution in [0.3, 0.4) is 0 Å². The zero-order valence-electron chi connectivity index (χ0n) is 10.4. The molecular formula is C12H25NO3. The molecular weight excluding hydrogens is 206 g/mol. The van der Waals surface area contributed by atoms with E-state index in [1.165, 1.54) is 0 Å². The van der Waals surface area contributed by atoms with Crippen LogP contribution in [0.1, 0.15) is 19.3 Å². The van der Waals surface area contributed by atoms with Crippen LogP contribution in [0.15, 0.2) is 0 Å². The molecule has 16 heavy (non-hydrogen) atoms. The average molecular weight is 231 g/mol. The number of hydrogen-bond donors (Lipinski definition) is 1. The normalized spacial score (nSPS) is 17.8. The largest absolute Gasteiger partial charge is 0.383 e. The summed E-state index contributed by atoms with van der Waals surface area (Å²) in [6.45, 7) is 6.30. The van der Waals surface area contributed by atoms with Gasteiger partial charge in [-0.25, -0.2) is 0 Å². The van der Waals surface area contributed by atoms with Crippen LogP contribution in [-0.2, 0) is 14.2 Å². The number of ether oxygens (including phenoxy) is 3. The minimum absolute atomic E-state index is 0.718. The van der Waals surface area contributed by atoms with Gasteiger partial charge in [-0.1, -0.05) is 0 Å². The van der Waals surface area contributed by atoms with Gasteiger partial charge in [0.1, 0.15) is 0 Å². The molecule has 1 fully saturated rings. The fourth-order valence-electron chi connectivity index (χ4n) is 1.76. The Hall–Kier alpha value is -0.160. The number of rotatable bonds is 9. The van der Waals surface area contributed by atoms with Gasteiger partial charge in [0.15, 0.2) is 0 Å². The molecule has 1 aliphatic rings. The average Bonchev–Trinajstić information content (AvgIpc) is 2.34. The van der Waals surface area contributed by atoms with Gasteiger partial charge in [-0.2, -0.15) is 0 Å². The summed E-state index contributed by atoms with van der Waals surface area (Å²) < 4.78 is 15.9. The molecule has 0 spiro atoms. The van der Waals surface area contributed by atoms with Crippen molar-refractivity contribution in [2.75, 3.05) is 53.2 Å². The highest BCUT2D eigenvalue weighted by atomic mass is 16.5. The van der Waals surface area contributed by atoms with Crippen molar-refractivity contribution in [2.24, 2.45) is 5.92 Å². The van der Waals surface area contributed by atoms with Gasteiger partial charge in [0, 0.05) is 40.1 Å². The second-order valence-electron chi connectivity index (χ2n) is 4.23. The summed E-state index contributed by atoms with van der Waals surface area (Å²) in [4.78, 5) is 0. The van der Waals surface area contributed by atoms with Crippen molar-refractivity contribution in [1.82, 2.24) is 5.32 Å². The molecule has 1 rings (SSSR count). The predicted octanol–water partition coefficient (Wildman–Crippen LogP) is 1.06. The Morgan fingerprint density at radius 1 is 1.19 bits per heavy atom. The van der Waals surface area contributed by atoms with Crippen LogP contribution in [0.2, 0.25) is 0 Å². The molecule has 0 atom stereocenters. The first-order valence-electron chi connectivity index (χ1n) is 6.28. The number of hydrogen-bond acceptors (Lipinski definition) is 4. The molecule has 0 aromatic heterocycles. The minimum atomic E-state index is 0.718. The van der Waals surface area contributed by atoms with Crippen LogP contribution in [0.5, 0.6) is 0 Å². The Bertz CT molecular complexity index is 149. The lowest BCUT2D eigenvalue weighted by atomic mass is 10.0. The van der Waals surface area contributed by atoms with E-state index in [9.17, 15) is 0 Å². The SMILES string of the molecule is COCCNCCCOCC1CCOCC1. The van der Waals surface area contributed by atoms with Gasteiger partial charge in [0.2, 0.25) is 0 Å². The fraction of sp³-hybridized carbons (Fsp3) is 1.00. The van der Waals surface area contributed by atoms with E-state index < -0.39 is 0 Å². The van der Waals surface area contributed by atoms with Crippen LogP contribution in [-0.4, -0.2) is 53.2 Å². The third-order valence-electron chi connectivity index (χ3n) is 2.82. The second kappa shape index (κ2) is 10.0. The molecule has 0 radical (unpaired) electrons. The highest BCUT2D eigenvalue weighted by Gasteiger charge is 2.13. The first-order valence-corrected chi connectivity index (χ1v) is 6.28. The lowest BCUT2D eigenvalue weighted by molar-refractivity contribution is 0.0202. The van der Waals surface area contributed by atoms with Gasteiger partial charge in [0.05, 0.1) is 6.61 Å². The molecule has 4 heteroatoms. The fourth-order valence-corrected chi connectivity index (χ4v) is 1.76. The van der Waals surface area contributed by atoms with Gasteiger partial charge in [-0.3, -0.25) is 0 Å². The maximum atomic E-state index is 5.65. The first kappa shape index (κ1) is 13.9. The molecule has 1 N–H and O–H groups in total. The summed E-state index contributed by atoms with van der Waals surface area (Å²) in [5, 5.41) is 3.30. The van der Waals surface area contributed by atoms with Crippen molar-refractivity contribution < 1.29 is 14.2 Å².